The van der Waals surface area contributed by atoms with Gasteiger partial charge < -0.3 is 10.1 Å². The summed E-state index contributed by atoms with van der Waals surface area (Å²) in [6, 6.07) is 9.38. The number of ether oxygens (including phenoxy) is 1. The van der Waals surface area contributed by atoms with Gasteiger partial charge in [0, 0.05) is 7.11 Å². The normalized spacial score (nSPS) is 17.8. The van der Waals surface area contributed by atoms with Crippen LogP contribution in [0.4, 0.5) is 0 Å². The highest BCUT2D eigenvalue weighted by Gasteiger charge is 2.36. The summed E-state index contributed by atoms with van der Waals surface area (Å²) in [5, 5.41) is 3.49. The first-order valence-corrected chi connectivity index (χ1v) is 8.03. The monoisotopic (exact) mass is 275 g/mol. The summed E-state index contributed by atoms with van der Waals surface area (Å²) < 4.78 is 5.92. The predicted molar refractivity (Wildman–Crippen MR) is 85.2 cm³/mol. The molecule has 2 heteroatoms. The molecule has 1 atom stereocenters. The molecule has 0 aromatic heterocycles. The Hall–Kier alpha value is -0.860. The van der Waals surface area contributed by atoms with Crippen molar-refractivity contribution in [2.45, 2.75) is 63.5 Å². The number of likely N-dealkylation sites (N-methyl/N-ethyl adjacent to an activating group) is 1. The van der Waals surface area contributed by atoms with Crippen LogP contribution in [-0.4, -0.2) is 19.8 Å². The van der Waals surface area contributed by atoms with Crippen molar-refractivity contribution in [3.63, 3.8) is 0 Å². The number of rotatable bonds is 7. The SMILES string of the molecule is CCC(CC)(OC)C(NC)c1cccc(C2CCC2)c1. The van der Waals surface area contributed by atoms with Crippen LogP contribution in [0.1, 0.15) is 69.0 Å². The molecule has 1 aromatic rings. The molecule has 112 valence electrons. The molecule has 1 aliphatic rings. The summed E-state index contributed by atoms with van der Waals surface area (Å²) in [6.07, 6.45) is 6.11. The van der Waals surface area contributed by atoms with E-state index < -0.39 is 0 Å². The molecule has 1 fully saturated rings. The van der Waals surface area contributed by atoms with Gasteiger partial charge in [0.15, 0.2) is 0 Å². The second-order valence-electron chi connectivity index (χ2n) is 6.00. The summed E-state index contributed by atoms with van der Waals surface area (Å²) in [4.78, 5) is 0. The Bertz CT molecular complexity index is 413. The van der Waals surface area contributed by atoms with Crippen molar-refractivity contribution in [1.82, 2.24) is 5.32 Å². The lowest BCUT2D eigenvalue weighted by atomic mass is 9.78. The third-order valence-corrected chi connectivity index (χ3v) is 5.24. The summed E-state index contributed by atoms with van der Waals surface area (Å²) in [5.41, 5.74) is 2.75. The molecule has 1 aromatic carbocycles. The molecule has 0 saturated heterocycles. The Labute approximate surface area is 123 Å². The summed E-state index contributed by atoms with van der Waals surface area (Å²) in [5.74, 6) is 0.785. The van der Waals surface area contributed by atoms with Crippen LogP contribution in [-0.2, 0) is 4.74 Å². The Morgan fingerprint density at radius 1 is 1.30 bits per heavy atom. The minimum Gasteiger partial charge on any atom is -0.376 e. The van der Waals surface area contributed by atoms with E-state index >= 15 is 0 Å². The van der Waals surface area contributed by atoms with Crippen LogP contribution in [0.5, 0.6) is 0 Å². The largest absolute Gasteiger partial charge is 0.376 e. The lowest BCUT2D eigenvalue weighted by Crippen LogP contribution is -2.43. The number of benzene rings is 1. The van der Waals surface area contributed by atoms with Crippen molar-refractivity contribution >= 4 is 0 Å². The molecule has 0 radical (unpaired) electrons. The average molecular weight is 275 g/mol. The van der Waals surface area contributed by atoms with Gasteiger partial charge in [0.05, 0.1) is 11.6 Å². The maximum absolute atomic E-state index is 5.92. The van der Waals surface area contributed by atoms with E-state index in [4.69, 9.17) is 4.74 Å². The summed E-state index contributed by atoms with van der Waals surface area (Å²) >= 11 is 0. The van der Waals surface area contributed by atoms with Crippen LogP contribution in [0, 0.1) is 0 Å². The quantitative estimate of drug-likeness (QED) is 0.795. The van der Waals surface area contributed by atoms with Crippen LogP contribution >= 0.6 is 0 Å². The van der Waals surface area contributed by atoms with Crippen LogP contribution in [0.15, 0.2) is 24.3 Å². The van der Waals surface area contributed by atoms with Gasteiger partial charge in [-0.25, -0.2) is 0 Å². The lowest BCUT2D eigenvalue weighted by Gasteiger charge is -2.39. The summed E-state index contributed by atoms with van der Waals surface area (Å²) in [7, 11) is 3.88. The first kappa shape index (κ1) is 15.5. The van der Waals surface area contributed by atoms with E-state index in [9.17, 15) is 0 Å². The van der Waals surface area contributed by atoms with E-state index in [1.54, 1.807) is 0 Å². The second-order valence-corrected chi connectivity index (χ2v) is 6.00. The molecule has 2 rings (SSSR count). The van der Waals surface area contributed by atoms with Crippen LogP contribution in [0.2, 0.25) is 0 Å². The Morgan fingerprint density at radius 2 is 2.00 bits per heavy atom. The standard InChI is InChI=1S/C18H29NO/c1-5-18(6-2,20-4)17(19-3)16-12-8-11-15(13-16)14-9-7-10-14/h8,11-14,17,19H,5-7,9-10H2,1-4H3. The number of nitrogens with one attached hydrogen (secondary N) is 1. The van der Waals surface area contributed by atoms with E-state index in [1.807, 2.05) is 14.2 Å². The van der Waals surface area contributed by atoms with E-state index in [0.29, 0.717) is 0 Å². The molecule has 1 unspecified atom stereocenters. The molecule has 0 aliphatic heterocycles. The molecular weight excluding hydrogens is 246 g/mol. The van der Waals surface area contributed by atoms with Crippen LogP contribution in [0.3, 0.4) is 0 Å². The zero-order chi connectivity index (χ0) is 14.6. The number of methoxy groups -OCH3 is 1. The Balaban J connectivity index is 2.30. The van der Waals surface area contributed by atoms with E-state index in [0.717, 1.165) is 18.8 Å². The van der Waals surface area contributed by atoms with Gasteiger partial charge in [0.2, 0.25) is 0 Å². The van der Waals surface area contributed by atoms with Gasteiger partial charge in [0.25, 0.3) is 0 Å². The van der Waals surface area contributed by atoms with Crippen molar-refractivity contribution in [1.29, 1.82) is 0 Å². The first-order chi connectivity index (χ1) is 9.70. The third kappa shape index (κ3) is 2.77. The molecule has 2 nitrogen and oxygen atoms in total. The van der Waals surface area contributed by atoms with Gasteiger partial charge in [-0.1, -0.05) is 44.5 Å². The fraction of sp³-hybridized carbons (Fsp3) is 0.667. The Morgan fingerprint density at radius 3 is 2.45 bits per heavy atom. The molecule has 20 heavy (non-hydrogen) atoms. The van der Waals surface area contributed by atoms with Gasteiger partial charge in [-0.05, 0) is 49.8 Å². The van der Waals surface area contributed by atoms with Crippen LogP contribution in [0.25, 0.3) is 0 Å². The van der Waals surface area contributed by atoms with Crippen LogP contribution < -0.4 is 5.32 Å². The minimum absolute atomic E-state index is 0.118. The van der Waals surface area contributed by atoms with Crippen molar-refractivity contribution in [3.8, 4) is 0 Å². The maximum atomic E-state index is 5.92. The van der Waals surface area contributed by atoms with Crippen molar-refractivity contribution in [2.75, 3.05) is 14.2 Å². The van der Waals surface area contributed by atoms with Gasteiger partial charge in [-0.15, -0.1) is 0 Å². The van der Waals surface area contributed by atoms with Crippen molar-refractivity contribution in [3.05, 3.63) is 35.4 Å². The van der Waals surface area contributed by atoms with Gasteiger partial charge >= 0.3 is 0 Å². The second kappa shape index (κ2) is 6.73. The molecule has 0 spiro atoms. The molecule has 0 amide bonds. The molecule has 0 bridgehead atoms. The zero-order valence-electron chi connectivity index (χ0n) is 13.4. The molecule has 1 N–H and O–H groups in total. The highest BCUT2D eigenvalue weighted by atomic mass is 16.5. The van der Waals surface area contributed by atoms with Gasteiger partial charge in [0.1, 0.15) is 0 Å². The summed E-state index contributed by atoms with van der Waals surface area (Å²) in [6.45, 7) is 4.43. The average Bonchev–Trinajstić information content (AvgIpc) is 2.43. The molecule has 0 heterocycles. The highest BCUT2D eigenvalue weighted by Crippen LogP contribution is 2.39. The maximum Gasteiger partial charge on any atom is 0.0867 e. The predicted octanol–water partition coefficient (Wildman–Crippen LogP) is 4.42. The van der Waals surface area contributed by atoms with E-state index in [1.165, 1.54) is 30.4 Å². The Kier molecular flexibility index (Phi) is 5.22. The topological polar surface area (TPSA) is 21.3 Å². The van der Waals surface area contributed by atoms with Crippen molar-refractivity contribution < 1.29 is 4.74 Å². The molecule has 1 saturated carbocycles. The minimum atomic E-state index is -0.118. The molecule has 1 aliphatic carbocycles. The van der Waals surface area contributed by atoms with Gasteiger partial charge in [-0.2, -0.15) is 0 Å². The fourth-order valence-corrected chi connectivity index (χ4v) is 3.53. The lowest BCUT2D eigenvalue weighted by molar-refractivity contribution is -0.0468. The van der Waals surface area contributed by atoms with E-state index in [-0.39, 0.29) is 11.6 Å². The van der Waals surface area contributed by atoms with Crippen molar-refractivity contribution in [2.24, 2.45) is 0 Å². The van der Waals surface area contributed by atoms with Gasteiger partial charge in [-0.3, -0.25) is 0 Å². The molecular formula is C18H29NO. The number of hydrogen-bond acceptors (Lipinski definition) is 2. The zero-order valence-corrected chi connectivity index (χ0v) is 13.4. The highest BCUT2D eigenvalue weighted by molar-refractivity contribution is 5.31. The smallest absolute Gasteiger partial charge is 0.0867 e. The first-order valence-electron chi connectivity index (χ1n) is 8.03. The van der Waals surface area contributed by atoms with E-state index in [2.05, 4.69) is 43.4 Å². The number of hydrogen-bond donors (Lipinski definition) is 1. The third-order valence-electron chi connectivity index (χ3n) is 5.24. The fourth-order valence-electron chi connectivity index (χ4n) is 3.53.